The highest BCUT2D eigenvalue weighted by atomic mass is 16.6. The lowest BCUT2D eigenvalue weighted by atomic mass is 10.0. The van der Waals surface area contributed by atoms with Crippen molar-refractivity contribution >= 4 is 17.9 Å². The molecule has 0 aliphatic heterocycles. The number of esters is 3. The summed E-state index contributed by atoms with van der Waals surface area (Å²) in [6.45, 7) is 6.54. The Balaban J connectivity index is 4.30. The molecule has 1 unspecified atom stereocenters. The molecule has 0 aromatic carbocycles. The molecule has 0 bridgehead atoms. The van der Waals surface area contributed by atoms with Crippen LogP contribution in [0.5, 0.6) is 0 Å². The van der Waals surface area contributed by atoms with Gasteiger partial charge in [0.2, 0.25) is 0 Å². The van der Waals surface area contributed by atoms with Crippen LogP contribution in [0, 0.1) is 0 Å². The van der Waals surface area contributed by atoms with Gasteiger partial charge in [0.1, 0.15) is 13.2 Å². The third-order valence-electron chi connectivity index (χ3n) is 14.2. The van der Waals surface area contributed by atoms with Gasteiger partial charge in [0.15, 0.2) is 6.10 Å². The molecule has 0 heterocycles. The number of rotatable bonds is 59. The number of hydrogen-bond acceptors (Lipinski definition) is 6. The smallest absolute Gasteiger partial charge is 0.306 e. The van der Waals surface area contributed by atoms with Crippen LogP contribution in [0.25, 0.3) is 0 Å². The lowest BCUT2D eigenvalue weighted by molar-refractivity contribution is -0.167. The molecule has 0 aromatic heterocycles. The van der Waals surface area contributed by atoms with Gasteiger partial charge in [0, 0.05) is 19.3 Å². The summed E-state index contributed by atoms with van der Waals surface area (Å²) >= 11 is 0. The zero-order valence-electron chi connectivity index (χ0n) is 49.8. The molecule has 0 aromatic rings. The normalized spacial score (nSPS) is 12.5. The second-order valence-corrected chi connectivity index (χ2v) is 21.6. The van der Waals surface area contributed by atoms with E-state index in [1.807, 2.05) is 0 Å². The first-order valence-electron chi connectivity index (χ1n) is 32.4. The van der Waals surface area contributed by atoms with E-state index in [1.54, 1.807) is 0 Å². The Labute approximate surface area is 465 Å². The van der Waals surface area contributed by atoms with Gasteiger partial charge in [-0.3, -0.25) is 14.4 Å². The molecule has 0 saturated heterocycles. The minimum Gasteiger partial charge on any atom is -0.462 e. The lowest BCUT2D eigenvalue weighted by Crippen LogP contribution is -2.30. The van der Waals surface area contributed by atoms with Crippen molar-refractivity contribution in [3.63, 3.8) is 0 Å². The molecule has 0 saturated carbocycles. The molecule has 0 N–H and O–H groups in total. The van der Waals surface area contributed by atoms with E-state index in [9.17, 15) is 14.4 Å². The maximum Gasteiger partial charge on any atom is 0.306 e. The topological polar surface area (TPSA) is 78.9 Å². The summed E-state index contributed by atoms with van der Waals surface area (Å²) in [5.41, 5.74) is 0. The van der Waals surface area contributed by atoms with E-state index in [-0.39, 0.29) is 31.1 Å². The van der Waals surface area contributed by atoms with Gasteiger partial charge in [-0.15, -0.1) is 0 Å². The largest absolute Gasteiger partial charge is 0.462 e. The van der Waals surface area contributed by atoms with Crippen LogP contribution in [0.3, 0.4) is 0 Å². The standard InChI is InChI=1S/C69H122O6/c1-4-7-10-13-16-19-22-25-27-29-31-32-33-34-35-36-38-39-41-44-47-50-53-56-59-62-68(71)74-65-66(64-73-67(70)61-58-55-52-49-46-43-24-21-18-15-12-9-6-3)75-69(72)63-60-57-54-51-48-45-42-40-37-30-28-26-23-20-17-14-11-8-5-2/h8,11,17,20,22,25-26,28-29,31,37,40,66H,4-7,9-10,12-16,18-19,21,23-24,27,30,32-36,38-39,41-65H2,1-3H3/b11-8-,20-17-,25-22-,28-26-,31-29-,40-37-. The Hall–Kier alpha value is -3.15. The second-order valence-electron chi connectivity index (χ2n) is 21.6. The fourth-order valence-electron chi connectivity index (χ4n) is 9.35. The first-order valence-corrected chi connectivity index (χ1v) is 32.4. The third kappa shape index (κ3) is 61.6. The average Bonchev–Trinajstić information content (AvgIpc) is 3.41. The summed E-state index contributed by atoms with van der Waals surface area (Å²) in [6.07, 6.45) is 81.9. The highest BCUT2D eigenvalue weighted by Gasteiger charge is 2.19. The summed E-state index contributed by atoms with van der Waals surface area (Å²) in [5.74, 6) is -0.877. The molecule has 75 heavy (non-hydrogen) atoms. The van der Waals surface area contributed by atoms with Crippen molar-refractivity contribution in [3.05, 3.63) is 72.9 Å². The fraction of sp³-hybridized carbons (Fsp3) is 0.783. The number of carbonyl (C=O) groups excluding carboxylic acids is 3. The maximum absolute atomic E-state index is 12.9. The molecular formula is C69H122O6. The molecule has 0 fully saturated rings. The van der Waals surface area contributed by atoms with Gasteiger partial charge in [-0.1, -0.05) is 293 Å². The molecule has 6 heteroatoms. The molecule has 0 aliphatic rings. The van der Waals surface area contributed by atoms with Crippen molar-refractivity contribution in [2.24, 2.45) is 0 Å². The van der Waals surface area contributed by atoms with Crippen LogP contribution in [-0.2, 0) is 28.6 Å². The Morgan fingerprint density at radius 3 is 0.813 bits per heavy atom. The summed E-state index contributed by atoms with van der Waals surface area (Å²) < 4.78 is 16.9. The zero-order valence-corrected chi connectivity index (χ0v) is 49.8. The first-order chi connectivity index (χ1) is 37.0. The molecule has 0 radical (unpaired) electrons. The van der Waals surface area contributed by atoms with Crippen LogP contribution in [0.1, 0.15) is 329 Å². The van der Waals surface area contributed by atoms with Gasteiger partial charge in [-0.25, -0.2) is 0 Å². The molecule has 6 nitrogen and oxygen atoms in total. The predicted molar refractivity (Wildman–Crippen MR) is 325 cm³/mol. The highest BCUT2D eigenvalue weighted by molar-refractivity contribution is 5.71. The summed E-state index contributed by atoms with van der Waals surface area (Å²) in [6, 6.07) is 0. The van der Waals surface area contributed by atoms with E-state index in [2.05, 4.69) is 93.7 Å². The number of ether oxygens (including phenoxy) is 3. The van der Waals surface area contributed by atoms with E-state index < -0.39 is 6.10 Å². The average molecular weight is 1050 g/mol. The van der Waals surface area contributed by atoms with Gasteiger partial charge in [-0.2, -0.15) is 0 Å². The van der Waals surface area contributed by atoms with Crippen LogP contribution in [-0.4, -0.2) is 37.2 Å². The first kappa shape index (κ1) is 71.8. The minimum absolute atomic E-state index is 0.0782. The predicted octanol–water partition coefficient (Wildman–Crippen LogP) is 22.1. The van der Waals surface area contributed by atoms with E-state index in [0.717, 1.165) is 103 Å². The summed E-state index contributed by atoms with van der Waals surface area (Å²) in [4.78, 5) is 38.3. The molecule has 0 amide bonds. The SMILES string of the molecule is CC/C=C\C/C=C\C/C=C\C/C=C\CCCCCCCCC(=O)OC(COC(=O)CCCCCCCCCCCCCCC)COC(=O)CCCCCCCCCCCCCCC/C=C\C/C=C\CCCCCCC. The zero-order chi connectivity index (χ0) is 54.3. The number of unbranched alkanes of at least 4 members (excludes halogenated alkanes) is 36. The van der Waals surface area contributed by atoms with Gasteiger partial charge in [0.25, 0.3) is 0 Å². The Morgan fingerprint density at radius 2 is 0.520 bits per heavy atom. The molecule has 434 valence electrons. The van der Waals surface area contributed by atoms with Gasteiger partial charge in [0.05, 0.1) is 0 Å². The summed E-state index contributed by atoms with van der Waals surface area (Å²) in [5, 5.41) is 0. The lowest BCUT2D eigenvalue weighted by Gasteiger charge is -2.18. The van der Waals surface area contributed by atoms with Crippen LogP contribution in [0.2, 0.25) is 0 Å². The van der Waals surface area contributed by atoms with Crippen LogP contribution < -0.4 is 0 Å². The monoisotopic (exact) mass is 1050 g/mol. The third-order valence-corrected chi connectivity index (χ3v) is 14.2. The molecular weight excluding hydrogens is 925 g/mol. The molecule has 1 atom stereocenters. The second kappa shape index (κ2) is 63.4. The van der Waals surface area contributed by atoms with Crippen molar-refractivity contribution in [1.29, 1.82) is 0 Å². The quantitative estimate of drug-likeness (QED) is 0.0261. The van der Waals surface area contributed by atoms with Gasteiger partial charge in [-0.05, 0) is 89.9 Å². The van der Waals surface area contributed by atoms with Crippen LogP contribution >= 0.6 is 0 Å². The Morgan fingerprint density at radius 1 is 0.280 bits per heavy atom. The van der Waals surface area contributed by atoms with E-state index in [1.165, 1.54) is 186 Å². The van der Waals surface area contributed by atoms with E-state index >= 15 is 0 Å². The van der Waals surface area contributed by atoms with Crippen molar-refractivity contribution in [3.8, 4) is 0 Å². The Bertz CT molecular complexity index is 1390. The van der Waals surface area contributed by atoms with Crippen LogP contribution in [0.15, 0.2) is 72.9 Å². The van der Waals surface area contributed by atoms with Crippen molar-refractivity contribution in [2.75, 3.05) is 13.2 Å². The fourth-order valence-corrected chi connectivity index (χ4v) is 9.35. The van der Waals surface area contributed by atoms with Crippen molar-refractivity contribution in [2.45, 2.75) is 335 Å². The van der Waals surface area contributed by atoms with Crippen molar-refractivity contribution < 1.29 is 28.6 Å². The highest BCUT2D eigenvalue weighted by Crippen LogP contribution is 2.17. The van der Waals surface area contributed by atoms with Crippen molar-refractivity contribution in [1.82, 2.24) is 0 Å². The molecule has 0 rings (SSSR count). The van der Waals surface area contributed by atoms with Crippen LogP contribution in [0.4, 0.5) is 0 Å². The Kier molecular flexibility index (Phi) is 60.7. The number of hydrogen-bond donors (Lipinski definition) is 0. The number of allylic oxidation sites excluding steroid dienone is 12. The number of carbonyl (C=O) groups is 3. The molecule has 0 spiro atoms. The molecule has 0 aliphatic carbocycles. The summed E-state index contributed by atoms with van der Waals surface area (Å²) in [7, 11) is 0. The van der Waals surface area contributed by atoms with Gasteiger partial charge < -0.3 is 14.2 Å². The van der Waals surface area contributed by atoms with Gasteiger partial charge >= 0.3 is 17.9 Å². The van der Waals surface area contributed by atoms with E-state index in [0.29, 0.717) is 19.3 Å². The van der Waals surface area contributed by atoms with E-state index in [4.69, 9.17) is 14.2 Å². The maximum atomic E-state index is 12.9. The minimum atomic E-state index is -0.782.